The van der Waals surface area contributed by atoms with E-state index in [2.05, 4.69) is 35.1 Å². The van der Waals surface area contributed by atoms with Gasteiger partial charge in [-0.2, -0.15) is 0 Å². The first kappa shape index (κ1) is 125. The molecule has 0 aromatic heterocycles. The lowest BCUT2D eigenvalue weighted by atomic mass is 9.93. The quantitative estimate of drug-likeness (QED) is 0.0221. The minimum absolute atomic E-state index is 0.138. The number of aliphatic hydroxyl groups excluding tert-OH is 22. The first-order valence-corrected chi connectivity index (χ1v) is 52.8. The normalized spacial score (nSPS) is 38.0. The molecule has 0 bridgehead atoms. The van der Waals surface area contributed by atoms with Gasteiger partial charge in [0.1, 0.15) is 189 Å². The second kappa shape index (κ2) is 66.3. The highest BCUT2D eigenvalue weighted by atomic mass is 16.8. The van der Waals surface area contributed by atoms with Gasteiger partial charge in [-0.3, -0.25) is 19.2 Å². The van der Waals surface area contributed by atoms with E-state index in [9.17, 15) is 132 Å². The number of allylic oxidation sites excluding steroid dienone is 1. The molecule has 0 spiro atoms. The summed E-state index contributed by atoms with van der Waals surface area (Å²) in [6.45, 7) is 0.687. The number of nitrogens with one attached hydrogen (secondary N) is 4. The topological polar surface area (TPSA) is 709 Å². The van der Waals surface area contributed by atoms with E-state index in [1.807, 2.05) is 6.08 Å². The molecule has 16 unspecified atom stereocenters. The van der Waals surface area contributed by atoms with Crippen molar-refractivity contribution in [3.8, 4) is 0 Å². The molecule has 8 heterocycles. The van der Waals surface area contributed by atoms with Crippen LogP contribution >= 0.6 is 0 Å². The fourth-order valence-corrected chi connectivity index (χ4v) is 19.7. The number of carbonyl (C=O) groups excluding carboxylic acids is 4. The Kier molecular flexibility index (Phi) is 57.6. The van der Waals surface area contributed by atoms with Crippen molar-refractivity contribution in [3.63, 3.8) is 0 Å². The number of rotatable bonds is 66. The van der Waals surface area contributed by atoms with Crippen LogP contribution in [0.25, 0.3) is 0 Å². The van der Waals surface area contributed by atoms with Gasteiger partial charge in [-0.25, -0.2) is 0 Å². The largest absolute Gasteiger partial charge is 0.394 e. The first-order valence-electron chi connectivity index (χ1n) is 52.8. The maximum Gasteiger partial charge on any atom is 0.220 e. The van der Waals surface area contributed by atoms with Crippen LogP contribution in [-0.4, -0.2) is 446 Å². The Hall–Kier alpha value is -3.90. The van der Waals surface area contributed by atoms with Crippen molar-refractivity contribution < 1.29 is 207 Å². The van der Waals surface area contributed by atoms with Crippen LogP contribution in [-0.2, 0) is 95.0 Å². The van der Waals surface area contributed by atoms with Gasteiger partial charge in [0, 0.05) is 27.2 Å². The average molecular weight is 2080 g/mol. The fourth-order valence-electron chi connectivity index (χ4n) is 19.7. The highest BCUT2D eigenvalue weighted by Gasteiger charge is 2.61. The number of ether oxygens (including phenoxy) is 16. The zero-order chi connectivity index (χ0) is 105. The van der Waals surface area contributed by atoms with Crippen LogP contribution in [0.3, 0.4) is 0 Å². The maximum atomic E-state index is 13.8. The Morgan fingerprint density at radius 3 is 1.05 bits per heavy atom. The second-order valence-electron chi connectivity index (χ2n) is 39.9. The zero-order valence-electron chi connectivity index (χ0n) is 84.5. The summed E-state index contributed by atoms with van der Waals surface area (Å²) in [6.07, 6.45) is -31.7. The molecule has 0 saturated carbocycles. The van der Waals surface area contributed by atoms with Crippen LogP contribution in [0.4, 0.5) is 0 Å². The predicted molar refractivity (Wildman–Crippen MR) is 506 cm³/mol. The Bertz CT molecular complexity index is 3530. The summed E-state index contributed by atoms with van der Waals surface area (Å²) in [4.78, 5) is 53.4. The lowest BCUT2D eigenvalue weighted by Gasteiger charge is -2.51. The van der Waals surface area contributed by atoms with Crippen molar-refractivity contribution in [1.82, 2.24) is 21.3 Å². The summed E-state index contributed by atoms with van der Waals surface area (Å²) in [5, 5.41) is 261. The van der Waals surface area contributed by atoms with Crippen molar-refractivity contribution in [2.24, 2.45) is 0 Å². The molecule has 8 saturated heterocycles. The number of aliphatic hydroxyl groups is 22. The van der Waals surface area contributed by atoms with Crippen molar-refractivity contribution in [3.05, 3.63) is 12.2 Å². The molecule has 840 valence electrons. The number of amides is 4. The van der Waals surface area contributed by atoms with Crippen LogP contribution in [0.2, 0.25) is 0 Å². The van der Waals surface area contributed by atoms with Gasteiger partial charge in [-0.05, 0) is 26.2 Å². The SMILES string of the molecule is CCCCCCCCCCCCC/C=C/[C@@H](O)[C@H](CO[C@@H]1OC(CO)[C@@H](O[C@@H]2OC(CO)[C@H](O)[C@H](O[C@@H]3OC(CO)[C@@H](O)[C@H](O[C@@H]4OC(CO[C@@H]5OC(CO)[C@@H](O)[C@H](O)C5NC(C)=O)[C@H](O)[C@H](O[C@@H]5OC(CO)[C@@H](O)[C@H](O[C@@H]6OC(CO)[C@H](O)[C@H](O)C6O[C@H]6OC(C)[C@@H](O)C(O)[C@@H]6O)C5NC(C)=O)C4O)C3NC(C)=O)C2O)[C@H](O)C1O)NC(=O)CCCCCCCCCCCCCCCCCCCCCCCCC. The molecule has 0 aromatic rings. The fraction of sp³-hybridized carbons (Fsp3) is 0.939. The third-order valence-electron chi connectivity index (χ3n) is 28.3. The van der Waals surface area contributed by atoms with E-state index in [4.69, 9.17) is 75.8 Å². The molecule has 0 aromatic carbocycles. The monoisotopic (exact) mass is 2080 g/mol. The van der Waals surface area contributed by atoms with Gasteiger partial charge in [0.2, 0.25) is 23.6 Å². The number of carbonyl (C=O) groups is 4. The van der Waals surface area contributed by atoms with Gasteiger partial charge >= 0.3 is 0 Å². The molecule has 144 heavy (non-hydrogen) atoms. The molecule has 8 aliphatic rings. The summed E-state index contributed by atoms with van der Waals surface area (Å²) in [7, 11) is 0. The van der Waals surface area contributed by atoms with Crippen molar-refractivity contribution in [1.29, 1.82) is 0 Å². The van der Waals surface area contributed by atoms with Crippen molar-refractivity contribution >= 4 is 23.6 Å². The van der Waals surface area contributed by atoms with Crippen LogP contribution in [0.1, 0.15) is 273 Å². The van der Waals surface area contributed by atoms with Crippen LogP contribution in [0, 0.1) is 0 Å². The molecule has 4 amide bonds. The smallest absolute Gasteiger partial charge is 0.220 e. The van der Waals surface area contributed by atoms with Gasteiger partial charge in [-0.15, -0.1) is 0 Å². The molecule has 8 aliphatic heterocycles. The molecule has 46 heteroatoms. The van der Waals surface area contributed by atoms with Crippen LogP contribution in [0.15, 0.2) is 12.2 Å². The molecule has 42 atom stereocenters. The highest BCUT2D eigenvalue weighted by molar-refractivity contribution is 5.76. The Morgan fingerprint density at radius 1 is 0.292 bits per heavy atom. The molecular weight excluding hydrogens is 1910 g/mol. The zero-order valence-corrected chi connectivity index (χ0v) is 84.5. The molecule has 0 radical (unpaired) electrons. The average Bonchev–Trinajstić information content (AvgIpc) is 0.764. The van der Waals surface area contributed by atoms with E-state index in [1.54, 1.807) is 6.08 Å². The molecule has 8 fully saturated rings. The minimum atomic E-state index is -2.53. The van der Waals surface area contributed by atoms with E-state index in [0.29, 0.717) is 12.8 Å². The van der Waals surface area contributed by atoms with E-state index < -0.39 is 328 Å². The summed E-state index contributed by atoms with van der Waals surface area (Å²) < 4.78 is 97.0. The molecule has 46 nitrogen and oxygen atoms in total. The van der Waals surface area contributed by atoms with Crippen LogP contribution < -0.4 is 21.3 Å². The van der Waals surface area contributed by atoms with Gasteiger partial charge in [0.05, 0.1) is 71.1 Å². The molecule has 8 rings (SSSR count). The summed E-state index contributed by atoms with van der Waals surface area (Å²) in [5.74, 6) is -3.15. The lowest BCUT2D eigenvalue weighted by molar-refractivity contribution is -0.392. The third-order valence-corrected chi connectivity index (χ3v) is 28.3. The molecular formula is C98H176N4O42. The van der Waals surface area contributed by atoms with Gasteiger partial charge in [-0.1, -0.05) is 231 Å². The standard InChI is InChI=1S/C98H176N4O42/c1-7-9-11-13-15-17-19-21-22-23-24-25-26-27-28-29-30-32-34-36-38-40-42-44-66(113)102-57(58(112)43-41-39-37-35-33-31-20-18-16-14-12-10-8-2)51-129-94-82(126)80(124)85(64(50-108)137-94)139-96-83(127)88(75(119)63(49-107)135-96)142-92-68(100-55(5)110)86(73(117)61(47-105)133-92)140-97-84(128)89(76(120)65(138-97)52-130-91-67(99-54(4)109)77(121)71(115)59(45-103)132-91)143-93-69(101-56(6)111)87(74(118)62(48-106)134-93)141-98-90(79(123)72(116)60(46-104)136-98)144-95-81(125)78(122)70(114)53(3)131-95/h41,43,53,57-65,67-98,103-108,112,114-128H,7-40,42,44-52H2,1-6H3,(H,99,109)(H,100,110)(H,101,111)(H,102,113)/b43-41+/t53?,57-,58+,59?,60?,61?,62?,63?,64?,65?,67?,68?,69?,70+,71+,72-,73+,74+,75-,76-,77+,78?,79-,80+,81-,82?,83?,84?,85+,86+,87+,88-,89-,90?,91+,92-,93-,94+,95+,96-,97-,98-/m0/s1. The predicted octanol–water partition coefficient (Wildman–Crippen LogP) is -2.48. The number of hydrogen-bond donors (Lipinski definition) is 26. The highest BCUT2D eigenvalue weighted by Crippen LogP contribution is 2.41. The Labute approximate surface area is 844 Å². The number of unbranched alkanes of at least 4 members (excludes halogenated alkanes) is 33. The minimum Gasteiger partial charge on any atom is -0.394 e. The first-order chi connectivity index (χ1) is 69.1. The Morgan fingerprint density at radius 2 is 0.611 bits per heavy atom. The van der Waals surface area contributed by atoms with E-state index in [-0.39, 0.29) is 12.3 Å². The summed E-state index contributed by atoms with van der Waals surface area (Å²) in [5.41, 5.74) is 0. The van der Waals surface area contributed by atoms with Crippen molar-refractivity contribution in [2.75, 3.05) is 52.9 Å². The molecule has 0 aliphatic carbocycles. The van der Waals surface area contributed by atoms with E-state index >= 15 is 0 Å². The third kappa shape index (κ3) is 37.8. The van der Waals surface area contributed by atoms with Gasteiger partial charge in [0.15, 0.2) is 50.3 Å². The van der Waals surface area contributed by atoms with Crippen molar-refractivity contribution in [2.45, 2.75) is 530 Å². The second-order valence-corrected chi connectivity index (χ2v) is 39.9. The lowest BCUT2D eigenvalue weighted by Crippen LogP contribution is -2.71. The van der Waals surface area contributed by atoms with E-state index in [0.717, 1.165) is 78.6 Å². The summed E-state index contributed by atoms with van der Waals surface area (Å²) in [6, 6.07) is -6.82. The summed E-state index contributed by atoms with van der Waals surface area (Å²) >= 11 is 0. The molecule has 26 N–H and O–H groups in total. The van der Waals surface area contributed by atoms with Crippen LogP contribution in [0.5, 0.6) is 0 Å². The van der Waals surface area contributed by atoms with Gasteiger partial charge < -0.3 is 209 Å². The Balaban J connectivity index is 0.969. The maximum absolute atomic E-state index is 13.8. The number of hydrogen-bond acceptors (Lipinski definition) is 42. The van der Waals surface area contributed by atoms with E-state index in [1.165, 1.54) is 161 Å². The van der Waals surface area contributed by atoms with Gasteiger partial charge in [0.25, 0.3) is 0 Å².